The van der Waals surface area contributed by atoms with Gasteiger partial charge in [-0.1, -0.05) is 491 Å². The van der Waals surface area contributed by atoms with Gasteiger partial charge in [-0.2, -0.15) is 0 Å². The van der Waals surface area contributed by atoms with Crippen LogP contribution in [0, 0.1) is 0 Å². The molecule has 12 heteroatoms. The summed E-state index contributed by atoms with van der Waals surface area (Å²) in [5.41, 5.74) is 26.4. The van der Waals surface area contributed by atoms with Crippen molar-refractivity contribution in [2.24, 2.45) is 0 Å². The zero-order valence-electron chi connectivity index (χ0n) is 81.2. The van der Waals surface area contributed by atoms with E-state index in [1.165, 1.54) is 70.6 Å². The van der Waals surface area contributed by atoms with Crippen molar-refractivity contribution in [3.8, 4) is 181 Å². The smallest absolute Gasteiger partial charge is 0.164 e. The second-order valence-electron chi connectivity index (χ2n) is 37.3. The molecule has 0 saturated heterocycles. The highest BCUT2D eigenvalue weighted by molar-refractivity contribution is 6.22. The van der Waals surface area contributed by atoms with E-state index in [2.05, 4.69) is 413 Å². The van der Waals surface area contributed by atoms with Gasteiger partial charge in [-0.25, -0.2) is 59.8 Å². The van der Waals surface area contributed by atoms with Crippen LogP contribution >= 0.6 is 0 Å². The molecule has 0 radical (unpaired) electrons. The van der Waals surface area contributed by atoms with Crippen LogP contribution < -0.4 is 0 Å². The normalized spacial score (nSPS) is 11.3. The molecule has 28 rings (SSSR count). The first kappa shape index (κ1) is 89.7. The monoisotopic (exact) mass is 1910 g/mol. The van der Waals surface area contributed by atoms with Gasteiger partial charge in [0.2, 0.25) is 0 Å². The van der Waals surface area contributed by atoms with Gasteiger partial charge in [-0.15, -0.1) is 0 Å². The van der Waals surface area contributed by atoms with Crippen molar-refractivity contribution in [2.45, 2.75) is 0 Å². The lowest BCUT2D eigenvalue weighted by molar-refractivity contribution is 1.07. The number of nitrogens with zero attached hydrogens (tertiary/aromatic N) is 12. The quantitative estimate of drug-likeness (QED) is 0.0668. The predicted octanol–water partition coefficient (Wildman–Crippen LogP) is 34.9. The first-order valence-corrected chi connectivity index (χ1v) is 50.3. The van der Waals surface area contributed by atoms with Crippen molar-refractivity contribution >= 4 is 97.3 Å². The molecule has 12 nitrogen and oxygen atoms in total. The summed E-state index contributed by atoms with van der Waals surface area (Å²) in [5, 5.41) is 17.8. The average molecular weight is 1910 g/mol. The minimum atomic E-state index is 0.614. The molecule has 28 aromatic rings. The maximum Gasteiger partial charge on any atom is 0.164 e. The Hall–Kier alpha value is -20.3. The molecule has 0 unspecified atom stereocenters. The number of benzene rings is 22. The van der Waals surface area contributed by atoms with Gasteiger partial charge in [0, 0.05) is 99.1 Å². The van der Waals surface area contributed by atoms with E-state index in [4.69, 9.17) is 59.8 Å². The molecule has 6 heterocycles. The van der Waals surface area contributed by atoms with E-state index in [-0.39, 0.29) is 0 Å². The molecule has 0 N–H and O–H groups in total. The molecular weight excluding hydrogens is 1830 g/mol. The molecule has 0 atom stereocenters. The predicted molar refractivity (Wildman–Crippen MR) is 617 cm³/mol. The summed E-state index contributed by atoms with van der Waals surface area (Å²) < 4.78 is 0. The standard InChI is InChI=1S/C50H32N4.2C44H28N4/c1-3-11-33(12-4-1)34-21-27-39(28-22-34)49-52-48(38-13-5-2-6-14-38)53-50(54-49)40-29-23-36(24-30-40)35-19-25-37(26-20-35)47-45-32-42-16-8-7-15-41(42)31-44(45)43-17-9-10-18-46(43)51-47;1-3-12-29(13-4-1)30-22-24-33(25-23-30)43-46-42(32-15-5-2-6-16-32)47-44(48-43)35-18-11-17-34(28-35)41-40-36-19-8-7-14-31(36)26-27-38(40)37-20-9-10-21-39(37)45-41;1-3-10-29(11-4-1)30-18-20-34(21-19-30)43-46-42(33-13-5-2-6-14-33)47-44(48-43)36-16-9-15-35(28-36)40-27-24-32-23-25-38-37-17-8-7-12-31(37)22-26-39(38)41(32)45-40/h1-32H;2*1-28H. The van der Waals surface area contributed by atoms with Crippen molar-refractivity contribution in [3.05, 3.63) is 534 Å². The third-order valence-electron chi connectivity index (χ3n) is 27.9. The van der Waals surface area contributed by atoms with Gasteiger partial charge in [-0.3, -0.25) is 0 Å². The number of hydrogen-bond acceptors (Lipinski definition) is 12. The number of rotatable bonds is 16. The lowest BCUT2D eigenvalue weighted by Gasteiger charge is -2.14. The molecule has 0 amide bonds. The maximum absolute atomic E-state index is 5.27. The number of aromatic nitrogens is 12. The first-order chi connectivity index (χ1) is 74.3. The zero-order chi connectivity index (χ0) is 99.6. The topological polar surface area (TPSA) is 155 Å². The molecule has 0 aliphatic heterocycles. The Kier molecular flexibility index (Phi) is 23.8. The summed E-state index contributed by atoms with van der Waals surface area (Å²) in [6.07, 6.45) is 0. The number of hydrogen-bond donors (Lipinski definition) is 0. The Labute approximate surface area is 865 Å². The van der Waals surface area contributed by atoms with Crippen molar-refractivity contribution in [2.75, 3.05) is 0 Å². The van der Waals surface area contributed by atoms with E-state index >= 15 is 0 Å². The Balaban J connectivity index is 0.000000114. The molecule has 0 aliphatic carbocycles. The Bertz CT molecular complexity index is 9950. The SMILES string of the molecule is c1ccc(-c2ccc(-c3nc(-c4ccccc4)nc(-c4ccc(-c5ccc(-c6nc7ccccc7c7cc8ccccc8cc67)cc5)cc4)n3)cc2)cc1.c1ccc(-c2ccc(-c3nc(-c4ccccc4)nc(-c4cccc(-c5ccc6ccc7c8ccccc8ccc7c6n5)c4)n3)cc2)cc1.c1ccc(-c2ccc(-c3nc(-c4ccccc4)nc(-c4cccc(-c5nc6ccccc6c6ccc7ccccc7c56)c4)n3)cc2)cc1. The molecule has 6 aromatic heterocycles. The second-order valence-corrected chi connectivity index (χ2v) is 37.3. The van der Waals surface area contributed by atoms with Gasteiger partial charge in [0.1, 0.15) is 0 Å². The average Bonchev–Trinajstić information content (AvgIpc) is 0.747. The highest BCUT2D eigenvalue weighted by Gasteiger charge is 2.23. The Morgan fingerprint density at radius 1 is 0.107 bits per heavy atom. The van der Waals surface area contributed by atoms with Crippen molar-refractivity contribution < 1.29 is 0 Å². The van der Waals surface area contributed by atoms with Gasteiger partial charge >= 0.3 is 0 Å². The molecule has 0 aliphatic rings. The molecule has 150 heavy (non-hydrogen) atoms. The third kappa shape index (κ3) is 18.1. The van der Waals surface area contributed by atoms with E-state index in [1.807, 2.05) is 121 Å². The second kappa shape index (κ2) is 39.8. The molecule has 0 saturated carbocycles. The van der Waals surface area contributed by atoms with Crippen LogP contribution in [0.5, 0.6) is 0 Å². The van der Waals surface area contributed by atoms with E-state index in [9.17, 15) is 0 Å². The van der Waals surface area contributed by atoms with Crippen LogP contribution in [-0.2, 0) is 0 Å². The molecule has 0 bridgehead atoms. The fraction of sp³-hybridized carbons (Fsp3) is 0. The fourth-order valence-electron chi connectivity index (χ4n) is 20.3. The van der Waals surface area contributed by atoms with Crippen LogP contribution in [0.2, 0.25) is 0 Å². The summed E-state index contributed by atoms with van der Waals surface area (Å²) in [6, 6.07) is 185. The summed E-state index contributed by atoms with van der Waals surface area (Å²) in [4.78, 5) is 60.5. The van der Waals surface area contributed by atoms with E-state index in [0.717, 1.165) is 155 Å². The van der Waals surface area contributed by atoms with Crippen LogP contribution in [0.3, 0.4) is 0 Å². The van der Waals surface area contributed by atoms with Gasteiger partial charge in [0.05, 0.1) is 33.6 Å². The lowest BCUT2D eigenvalue weighted by Crippen LogP contribution is -2.00. The lowest BCUT2D eigenvalue weighted by atomic mass is 9.94. The Morgan fingerprint density at radius 3 is 0.800 bits per heavy atom. The van der Waals surface area contributed by atoms with Gasteiger partial charge in [0.25, 0.3) is 0 Å². The highest BCUT2D eigenvalue weighted by Crippen LogP contribution is 2.44. The van der Waals surface area contributed by atoms with Crippen molar-refractivity contribution in [1.29, 1.82) is 0 Å². The minimum Gasteiger partial charge on any atom is -0.247 e. The molecular formula is C138H88N12. The highest BCUT2D eigenvalue weighted by atomic mass is 15.1. The van der Waals surface area contributed by atoms with Crippen LogP contribution in [0.25, 0.3) is 278 Å². The van der Waals surface area contributed by atoms with Crippen molar-refractivity contribution in [1.82, 2.24) is 59.8 Å². The van der Waals surface area contributed by atoms with Crippen LogP contribution in [-0.4, -0.2) is 59.8 Å². The van der Waals surface area contributed by atoms with E-state index in [0.29, 0.717) is 52.4 Å². The number of pyridine rings is 3. The van der Waals surface area contributed by atoms with E-state index < -0.39 is 0 Å². The number of fused-ring (bicyclic) bond motifs is 14. The van der Waals surface area contributed by atoms with Crippen LogP contribution in [0.15, 0.2) is 534 Å². The minimum absolute atomic E-state index is 0.614. The number of para-hydroxylation sites is 2. The maximum atomic E-state index is 5.27. The zero-order valence-corrected chi connectivity index (χ0v) is 81.2. The van der Waals surface area contributed by atoms with Crippen LogP contribution in [0.4, 0.5) is 0 Å². The fourth-order valence-corrected chi connectivity index (χ4v) is 20.3. The summed E-state index contributed by atoms with van der Waals surface area (Å²) in [6.45, 7) is 0. The van der Waals surface area contributed by atoms with Gasteiger partial charge in [-0.05, 0) is 135 Å². The third-order valence-corrected chi connectivity index (χ3v) is 27.9. The summed E-state index contributed by atoms with van der Waals surface area (Å²) in [5.74, 6) is 5.67. The van der Waals surface area contributed by atoms with Gasteiger partial charge in [0.15, 0.2) is 52.4 Å². The van der Waals surface area contributed by atoms with E-state index in [1.54, 1.807) is 0 Å². The first-order valence-electron chi connectivity index (χ1n) is 50.3. The molecule has 700 valence electrons. The summed E-state index contributed by atoms with van der Waals surface area (Å²) in [7, 11) is 0. The van der Waals surface area contributed by atoms with Crippen molar-refractivity contribution in [3.63, 3.8) is 0 Å². The van der Waals surface area contributed by atoms with Gasteiger partial charge < -0.3 is 0 Å². The van der Waals surface area contributed by atoms with Crippen LogP contribution in [0.1, 0.15) is 0 Å². The molecule has 0 fully saturated rings. The molecule has 22 aromatic carbocycles. The molecule has 0 spiro atoms. The summed E-state index contributed by atoms with van der Waals surface area (Å²) >= 11 is 0. The Morgan fingerprint density at radius 2 is 0.373 bits per heavy atom. The largest absolute Gasteiger partial charge is 0.247 e.